The van der Waals surface area contributed by atoms with Gasteiger partial charge < -0.3 is 5.11 Å². The van der Waals surface area contributed by atoms with Gasteiger partial charge in [-0.2, -0.15) is 5.10 Å². The zero-order chi connectivity index (χ0) is 12.1. The molecular weight excluding hydrogens is 214 g/mol. The zero-order valence-electron chi connectivity index (χ0n) is 9.80. The molecule has 0 bridgehead atoms. The first-order chi connectivity index (χ1) is 8.31. The van der Waals surface area contributed by atoms with Gasteiger partial charge in [-0.15, -0.1) is 5.10 Å². The molecule has 1 aromatic heterocycles. The molecule has 4 heteroatoms. The van der Waals surface area contributed by atoms with Crippen molar-refractivity contribution in [1.82, 2.24) is 15.2 Å². The van der Waals surface area contributed by atoms with Crippen LogP contribution in [0.25, 0.3) is 11.3 Å². The first-order valence-electron chi connectivity index (χ1n) is 5.66. The number of nitrogens with zero attached hydrogens (tertiary/aromatic N) is 3. The van der Waals surface area contributed by atoms with Crippen LogP contribution >= 0.6 is 0 Å². The maximum Gasteiger partial charge on any atom is 0.151 e. The summed E-state index contributed by atoms with van der Waals surface area (Å²) in [6, 6.07) is 8.05. The van der Waals surface area contributed by atoms with E-state index in [-0.39, 0.29) is 6.61 Å². The second-order valence-electron chi connectivity index (χ2n) is 3.90. The summed E-state index contributed by atoms with van der Waals surface area (Å²) >= 11 is 0. The molecule has 4 nitrogen and oxygen atoms in total. The molecular formula is C13H15N3O. The quantitative estimate of drug-likeness (QED) is 0.868. The molecule has 0 spiro atoms. The van der Waals surface area contributed by atoms with Crippen LogP contribution in [0.2, 0.25) is 0 Å². The van der Waals surface area contributed by atoms with Crippen molar-refractivity contribution in [2.24, 2.45) is 0 Å². The summed E-state index contributed by atoms with van der Waals surface area (Å²) < 4.78 is 0. The van der Waals surface area contributed by atoms with E-state index in [4.69, 9.17) is 5.11 Å². The average Bonchev–Trinajstić information content (AvgIpc) is 2.37. The highest BCUT2D eigenvalue weighted by molar-refractivity contribution is 5.62. The molecule has 0 amide bonds. The lowest BCUT2D eigenvalue weighted by molar-refractivity contribution is 0.287. The molecule has 0 saturated carbocycles. The van der Waals surface area contributed by atoms with Gasteiger partial charge in [0.15, 0.2) is 5.82 Å². The minimum Gasteiger partial charge on any atom is -0.396 e. The SMILES string of the molecule is Cc1ccccc1-c1cnnc(CCCO)n1. The Bertz CT molecular complexity index is 500. The third-order valence-electron chi connectivity index (χ3n) is 2.58. The lowest BCUT2D eigenvalue weighted by Gasteiger charge is -2.05. The average molecular weight is 229 g/mol. The normalized spacial score (nSPS) is 10.5. The van der Waals surface area contributed by atoms with Crippen LogP contribution in [0.5, 0.6) is 0 Å². The van der Waals surface area contributed by atoms with E-state index in [1.807, 2.05) is 31.2 Å². The Morgan fingerprint density at radius 2 is 2.06 bits per heavy atom. The molecule has 0 atom stereocenters. The number of hydrogen-bond donors (Lipinski definition) is 1. The minimum atomic E-state index is 0.151. The smallest absolute Gasteiger partial charge is 0.151 e. The zero-order valence-corrected chi connectivity index (χ0v) is 9.80. The number of aromatic nitrogens is 3. The van der Waals surface area contributed by atoms with E-state index in [1.165, 1.54) is 5.56 Å². The van der Waals surface area contributed by atoms with Gasteiger partial charge in [0.2, 0.25) is 0 Å². The lowest BCUT2D eigenvalue weighted by Crippen LogP contribution is -2.01. The van der Waals surface area contributed by atoms with Crippen molar-refractivity contribution in [2.75, 3.05) is 6.61 Å². The van der Waals surface area contributed by atoms with Gasteiger partial charge in [0.1, 0.15) is 0 Å². The highest BCUT2D eigenvalue weighted by atomic mass is 16.2. The van der Waals surface area contributed by atoms with Gasteiger partial charge in [-0.1, -0.05) is 24.3 Å². The Hall–Kier alpha value is -1.81. The maximum atomic E-state index is 8.78. The van der Waals surface area contributed by atoms with E-state index >= 15 is 0 Å². The Morgan fingerprint density at radius 3 is 2.82 bits per heavy atom. The number of hydrogen-bond acceptors (Lipinski definition) is 4. The maximum absolute atomic E-state index is 8.78. The fourth-order valence-electron chi connectivity index (χ4n) is 1.67. The summed E-state index contributed by atoms with van der Waals surface area (Å²) in [5, 5.41) is 16.7. The Balaban J connectivity index is 2.30. The monoisotopic (exact) mass is 229 g/mol. The number of rotatable bonds is 4. The van der Waals surface area contributed by atoms with Gasteiger partial charge in [0.25, 0.3) is 0 Å². The van der Waals surface area contributed by atoms with Crippen LogP contribution in [0.15, 0.2) is 30.5 Å². The Morgan fingerprint density at radius 1 is 1.24 bits per heavy atom. The Labute approximate surface area is 100 Å². The summed E-state index contributed by atoms with van der Waals surface area (Å²) in [4.78, 5) is 4.46. The van der Waals surface area contributed by atoms with Crippen LogP contribution < -0.4 is 0 Å². The number of aliphatic hydroxyl groups is 1. The molecule has 17 heavy (non-hydrogen) atoms. The van der Waals surface area contributed by atoms with E-state index < -0.39 is 0 Å². The summed E-state index contributed by atoms with van der Waals surface area (Å²) in [7, 11) is 0. The molecule has 2 rings (SSSR count). The molecule has 2 aromatic rings. The van der Waals surface area contributed by atoms with Gasteiger partial charge in [-0.05, 0) is 18.9 Å². The van der Waals surface area contributed by atoms with Gasteiger partial charge >= 0.3 is 0 Å². The molecule has 0 aliphatic heterocycles. The number of aryl methyl sites for hydroxylation is 2. The fourth-order valence-corrected chi connectivity index (χ4v) is 1.67. The van der Waals surface area contributed by atoms with Crippen molar-refractivity contribution in [3.8, 4) is 11.3 Å². The summed E-state index contributed by atoms with van der Waals surface area (Å²) in [6.07, 6.45) is 2.99. The van der Waals surface area contributed by atoms with Gasteiger partial charge in [0.05, 0.1) is 11.9 Å². The van der Waals surface area contributed by atoms with Crippen LogP contribution in [0.1, 0.15) is 17.8 Å². The first kappa shape index (κ1) is 11.7. The lowest BCUT2D eigenvalue weighted by atomic mass is 10.1. The fraction of sp³-hybridized carbons (Fsp3) is 0.308. The summed E-state index contributed by atoms with van der Waals surface area (Å²) in [5.74, 6) is 0.680. The molecule has 1 aromatic carbocycles. The van der Waals surface area contributed by atoms with Crippen molar-refractivity contribution in [2.45, 2.75) is 19.8 Å². The van der Waals surface area contributed by atoms with E-state index in [0.717, 1.165) is 11.3 Å². The van der Waals surface area contributed by atoms with Crippen molar-refractivity contribution >= 4 is 0 Å². The molecule has 1 N–H and O–H groups in total. The second kappa shape index (κ2) is 5.50. The van der Waals surface area contributed by atoms with Crippen molar-refractivity contribution in [3.05, 3.63) is 41.9 Å². The molecule has 0 unspecified atom stereocenters. The van der Waals surface area contributed by atoms with Crippen LogP contribution in [-0.4, -0.2) is 26.9 Å². The standard InChI is InChI=1S/C13H15N3O/c1-10-5-2-3-6-11(10)12-9-14-16-13(15-12)7-4-8-17/h2-3,5-6,9,17H,4,7-8H2,1H3. The summed E-state index contributed by atoms with van der Waals surface area (Å²) in [5.41, 5.74) is 3.08. The predicted molar refractivity (Wildman–Crippen MR) is 65.4 cm³/mol. The summed E-state index contributed by atoms with van der Waals surface area (Å²) in [6.45, 7) is 2.20. The van der Waals surface area contributed by atoms with Crippen LogP contribution in [0, 0.1) is 6.92 Å². The second-order valence-corrected chi connectivity index (χ2v) is 3.90. The van der Waals surface area contributed by atoms with E-state index in [1.54, 1.807) is 6.20 Å². The van der Waals surface area contributed by atoms with E-state index in [2.05, 4.69) is 15.2 Å². The topological polar surface area (TPSA) is 58.9 Å². The molecule has 0 saturated heterocycles. The molecule has 0 aliphatic carbocycles. The van der Waals surface area contributed by atoms with Crippen LogP contribution in [-0.2, 0) is 6.42 Å². The van der Waals surface area contributed by atoms with E-state index in [0.29, 0.717) is 18.7 Å². The molecule has 0 fully saturated rings. The Kier molecular flexibility index (Phi) is 3.77. The van der Waals surface area contributed by atoms with Gasteiger partial charge in [-0.25, -0.2) is 4.98 Å². The highest BCUT2D eigenvalue weighted by Crippen LogP contribution is 2.19. The molecule has 0 radical (unpaired) electrons. The molecule has 1 heterocycles. The predicted octanol–water partition coefficient (Wildman–Crippen LogP) is 1.77. The number of benzene rings is 1. The highest BCUT2D eigenvalue weighted by Gasteiger charge is 2.05. The third-order valence-corrected chi connectivity index (χ3v) is 2.58. The minimum absolute atomic E-state index is 0.151. The first-order valence-corrected chi connectivity index (χ1v) is 5.66. The largest absolute Gasteiger partial charge is 0.396 e. The number of aliphatic hydroxyl groups excluding tert-OH is 1. The van der Waals surface area contributed by atoms with E-state index in [9.17, 15) is 0 Å². The third kappa shape index (κ3) is 2.85. The van der Waals surface area contributed by atoms with Crippen molar-refractivity contribution < 1.29 is 5.11 Å². The van der Waals surface area contributed by atoms with Crippen molar-refractivity contribution in [1.29, 1.82) is 0 Å². The molecule has 0 aliphatic rings. The van der Waals surface area contributed by atoms with Gasteiger partial charge in [0, 0.05) is 18.6 Å². The van der Waals surface area contributed by atoms with Gasteiger partial charge in [-0.3, -0.25) is 0 Å². The van der Waals surface area contributed by atoms with Crippen molar-refractivity contribution in [3.63, 3.8) is 0 Å². The van der Waals surface area contributed by atoms with Crippen LogP contribution in [0.3, 0.4) is 0 Å². The molecule has 88 valence electrons. The van der Waals surface area contributed by atoms with Crippen LogP contribution in [0.4, 0.5) is 0 Å².